The molecule has 0 unspecified atom stereocenters. The molecule has 5 rings (SSSR count). The number of hydrogen-bond acceptors (Lipinski definition) is 7. The van der Waals surface area contributed by atoms with Crippen LogP contribution in [0.5, 0.6) is 23.0 Å². The van der Waals surface area contributed by atoms with Crippen LogP contribution in [0, 0.1) is 0 Å². The summed E-state index contributed by atoms with van der Waals surface area (Å²) in [6.07, 6.45) is -0.740. The number of ether oxygens (including phenoxy) is 4. The van der Waals surface area contributed by atoms with E-state index in [1.54, 1.807) is 23.1 Å². The first-order chi connectivity index (χ1) is 15.0. The van der Waals surface area contributed by atoms with Gasteiger partial charge in [-0.05, 0) is 24.3 Å². The lowest BCUT2D eigenvalue weighted by Crippen LogP contribution is -2.55. The highest BCUT2D eigenvalue weighted by molar-refractivity contribution is 7.89. The van der Waals surface area contributed by atoms with Crippen LogP contribution >= 0.6 is 0 Å². The molecule has 2 aromatic rings. The normalized spacial score (nSPS) is 20.9. The van der Waals surface area contributed by atoms with Crippen molar-refractivity contribution in [3.63, 3.8) is 0 Å². The molecular weight excluding hydrogens is 424 g/mol. The Kier molecular flexibility index (Phi) is 5.11. The van der Waals surface area contributed by atoms with Gasteiger partial charge in [-0.15, -0.1) is 0 Å². The Hall–Kier alpha value is -2.98. The van der Waals surface area contributed by atoms with Gasteiger partial charge < -0.3 is 23.8 Å². The van der Waals surface area contributed by atoms with Gasteiger partial charge >= 0.3 is 0 Å². The third kappa shape index (κ3) is 3.77. The van der Waals surface area contributed by atoms with Crippen molar-refractivity contribution in [2.75, 3.05) is 46.0 Å². The summed E-state index contributed by atoms with van der Waals surface area (Å²) in [5.74, 6) is 1.91. The van der Waals surface area contributed by atoms with Gasteiger partial charge in [-0.2, -0.15) is 4.31 Å². The minimum Gasteiger partial charge on any atom is -0.486 e. The standard InChI is InChI=1S/C21H22N2O7S/c24-21(20-14-29-16-3-1-2-4-18(16)30-20)22-7-9-23(10-8-22)31(25,26)15-5-6-17-19(13-15)28-12-11-27-17/h1-6,13,20H,7-12,14H2/t20-/m0/s1. The first-order valence-corrected chi connectivity index (χ1v) is 11.5. The highest BCUT2D eigenvalue weighted by Crippen LogP contribution is 2.34. The molecule has 0 saturated carbocycles. The monoisotopic (exact) mass is 446 g/mol. The first kappa shape index (κ1) is 20.0. The maximum Gasteiger partial charge on any atom is 0.267 e. The summed E-state index contributed by atoms with van der Waals surface area (Å²) in [4.78, 5) is 14.6. The number of nitrogens with zero attached hydrogens (tertiary/aromatic N) is 2. The second-order valence-corrected chi connectivity index (χ2v) is 9.34. The maximum absolute atomic E-state index is 13.1. The zero-order valence-corrected chi connectivity index (χ0v) is 17.5. The van der Waals surface area contributed by atoms with Crippen LogP contribution in [0.4, 0.5) is 0 Å². The quantitative estimate of drug-likeness (QED) is 0.698. The molecule has 0 aliphatic carbocycles. The van der Waals surface area contributed by atoms with Crippen molar-refractivity contribution in [1.29, 1.82) is 0 Å². The van der Waals surface area contributed by atoms with Gasteiger partial charge in [-0.1, -0.05) is 12.1 Å². The molecule has 0 spiro atoms. The van der Waals surface area contributed by atoms with Crippen molar-refractivity contribution in [2.24, 2.45) is 0 Å². The summed E-state index contributed by atoms with van der Waals surface area (Å²) in [6, 6.07) is 11.8. The van der Waals surface area contributed by atoms with E-state index in [-0.39, 0.29) is 43.6 Å². The minimum atomic E-state index is -3.71. The van der Waals surface area contributed by atoms with Gasteiger partial charge in [0.15, 0.2) is 23.0 Å². The number of rotatable bonds is 3. The Morgan fingerprint density at radius 2 is 1.52 bits per heavy atom. The second-order valence-electron chi connectivity index (χ2n) is 7.40. The van der Waals surface area contributed by atoms with E-state index in [0.717, 1.165) is 0 Å². The Morgan fingerprint density at radius 3 is 2.29 bits per heavy atom. The van der Waals surface area contributed by atoms with Crippen LogP contribution in [0.2, 0.25) is 0 Å². The molecule has 0 N–H and O–H groups in total. The van der Waals surface area contributed by atoms with E-state index in [1.165, 1.54) is 16.4 Å². The van der Waals surface area contributed by atoms with Crippen LogP contribution in [-0.2, 0) is 14.8 Å². The number of piperazine rings is 1. The van der Waals surface area contributed by atoms with E-state index in [9.17, 15) is 13.2 Å². The highest BCUT2D eigenvalue weighted by Gasteiger charge is 2.35. The molecule has 1 amide bonds. The fourth-order valence-corrected chi connectivity index (χ4v) is 5.27. The van der Waals surface area contributed by atoms with Gasteiger partial charge in [0.1, 0.15) is 19.8 Å². The van der Waals surface area contributed by atoms with Gasteiger partial charge in [-0.25, -0.2) is 8.42 Å². The van der Waals surface area contributed by atoms with Crippen LogP contribution in [-0.4, -0.2) is 75.6 Å². The molecule has 3 aliphatic rings. The Morgan fingerprint density at radius 1 is 0.839 bits per heavy atom. The lowest BCUT2D eigenvalue weighted by atomic mass is 10.2. The van der Waals surface area contributed by atoms with Crippen molar-refractivity contribution in [2.45, 2.75) is 11.0 Å². The van der Waals surface area contributed by atoms with E-state index in [2.05, 4.69) is 0 Å². The average molecular weight is 446 g/mol. The summed E-state index contributed by atoms with van der Waals surface area (Å²) >= 11 is 0. The number of fused-ring (bicyclic) bond motifs is 2. The van der Waals surface area contributed by atoms with Crippen molar-refractivity contribution in [1.82, 2.24) is 9.21 Å². The highest BCUT2D eigenvalue weighted by atomic mass is 32.2. The molecule has 3 aliphatic heterocycles. The summed E-state index contributed by atoms with van der Waals surface area (Å²) in [5.41, 5.74) is 0. The predicted octanol–water partition coefficient (Wildman–Crippen LogP) is 1.13. The van der Waals surface area contributed by atoms with Gasteiger partial charge in [-0.3, -0.25) is 4.79 Å². The molecular formula is C21H22N2O7S. The Labute approximate surface area is 180 Å². The smallest absolute Gasteiger partial charge is 0.267 e. The van der Waals surface area contributed by atoms with E-state index in [4.69, 9.17) is 18.9 Å². The van der Waals surface area contributed by atoms with E-state index >= 15 is 0 Å². The zero-order valence-electron chi connectivity index (χ0n) is 16.7. The Bertz CT molecular complexity index is 1100. The van der Waals surface area contributed by atoms with Crippen LogP contribution < -0.4 is 18.9 Å². The molecule has 1 fully saturated rings. The topological polar surface area (TPSA) is 94.6 Å². The molecule has 0 aromatic heterocycles. The number of hydrogen-bond donors (Lipinski definition) is 0. The van der Waals surface area contributed by atoms with Crippen molar-refractivity contribution >= 4 is 15.9 Å². The zero-order chi connectivity index (χ0) is 21.4. The van der Waals surface area contributed by atoms with Crippen LogP contribution in [0.1, 0.15) is 0 Å². The van der Waals surface area contributed by atoms with Crippen LogP contribution in [0.25, 0.3) is 0 Å². The molecule has 0 bridgehead atoms. The number of sulfonamides is 1. The van der Waals surface area contributed by atoms with Gasteiger partial charge in [0.2, 0.25) is 16.1 Å². The van der Waals surface area contributed by atoms with Crippen molar-refractivity contribution < 1.29 is 32.2 Å². The second kappa shape index (κ2) is 7.93. The maximum atomic E-state index is 13.1. The molecule has 10 heteroatoms. The van der Waals surface area contributed by atoms with E-state index < -0.39 is 16.1 Å². The summed E-state index contributed by atoms with van der Waals surface area (Å²) in [7, 11) is -3.71. The third-order valence-electron chi connectivity index (χ3n) is 5.49. The Balaban J connectivity index is 1.23. The first-order valence-electron chi connectivity index (χ1n) is 10.1. The summed E-state index contributed by atoms with van der Waals surface area (Å²) < 4.78 is 49.9. The molecule has 2 aromatic carbocycles. The van der Waals surface area contributed by atoms with Crippen LogP contribution in [0.3, 0.4) is 0 Å². The number of para-hydroxylation sites is 2. The average Bonchev–Trinajstić information content (AvgIpc) is 2.83. The lowest BCUT2D eigenvalue weighted by molar-refractivity contribution is -0.142. The molecule has 3 heterocycles. The van der Waals surface area contributed by atoms with Gasteiger partial charge in [0, 0.05) is 32.2 Å². The number of benzene rings is 2. The molecule has 31 heavy (non-hydrogen) atoms. The molecule has 9 nitrogen and oxygen atoms in total. The van der Waals surface area contributed by atoms with Gasteiger partial charge in [0.05, 0.1) is 4.90 Å². The SMILES string of the molecule is O=C([C@@H]1COc2ccccc2O1)N1CCN(S(=O)(=O)c2ccc3c(c2)OCCO3)CC1. The van der Waals surface area contributed by atoms with Crippen LogP contribution in [0.15, 0.2) is 47.4 Å². The summed E-state index contributed by atoms with van der Waals surface area (Å²) in [5, 5.41) is 0. The summed E-state index contributed by atoms with van der Waals surface area (Å²) in [6.45, 7) is 1.92. The largest absolute Gasteiger partial charge is 0.486 e. The minimum absolute atomic E-state index is 0.131. The van der Waals surface area contributed by atoms with E-state index in [1.807, 2.05) is 12.1 Å². The number of amides is 1. The fraction of sp³-hybridized carbons (Fsp3) is 0.381. The molecule has 164 valence electrons. The van der Waals surface area contributed by atoms with Crippen molar-refractivity contribution in [3.8, 4) is 23.0 Å². The van der Waals surface area contributed by atoms with Gasteiger partial charge in [0.25, 0.3) is 5.91 Å². The predicted molar refractivity (Wildman–Crippen MR) is 109 cm³/mol. The molecule has 1 atom stereocenters. The fourth-order valence-electron chi connectivity index (χ4n) is 3.83. The third-order valence-corrected chi connectivity index (χ3v) is 7.38. The molecule has 0 radical (unpaired) electrons. The number of carbonyl (C=O) groups excluding carboxylic acids is 1. The molecule has 1 saturated heterocycles. The van der Waals surface area contributed by atoms with Crippen molar-refractivity contribution in [3.05, 3.63) is 42.5 Å². The number of carbonyl (C=O) groups is 1. The van der Waals surface area contributed by atoms with E-state index in [0.29, 0.717) is 36.2 Å². The lowest BCUT2D eigenvalue weighted by Gasteiger charge is -2.36.